The van der Waals surface area contributed by atoms with Crippen LogP contribution in [0.25, 0.3) is 6.08 Å². The van der Waals surface area contributed by atoms with E-state index in [9.17, 15) is 4.79 Å². The van der Waals surface area contributed by atoms with Crippen LogP contribution in [0.15, 0.2) is 22.8 Å². The lowest BCUT2D eigenvalue weighted by Gasteiger charge is -1.94. The Labute approximate surface area is 75.4 Å². The van der Waals surface area contributed by atoms with Crippen molar-refractivity contribution in [2.24, 2.45) is 0 Å². The molecule has 0 saturated heterocycles. The lowest BCUT2D eigenvalue weighted by atomic mass is 10.2. The molecule has 0 aliphatic heterocycles. The molecule has 0 atom stereocenters. The summed E-state index contributed by atoms with van der Waals surface area (Å²) in [6.07, 6.45) is 3.92. The van der Waals surface area contributed by atoms with Crippen LogP contribution in [-0.4, -0.2) is 18.2 Å². The van der Waals surface area contributed by atoms with Crippen molar-refractivity contribution in [3.63, 3.8) is 0 Å². The first kappa shape index (κ1) is 9.54. The van der Waals surface area contributed by atoms with E-state index >= 15 is 0 Å². The Hall–Kier alpha value is -1.55. The molecular formula is C9H10O4. The van der Waals surface area contributed by atoms with Gasteiger partial charge in [0.15, 0.2) is 0 Å². The van der Waals surface area contributed by atoms with E-state index in [-0.39, 0.29) is 0 Å². The van der Waals surface area contributed by atoms with Gasteiger partial charge in [0.25, 0.3) is 0 Å². The second-order valence-corrected chi connectivity index (χ2v) is 2.41. The van der Waals surface area contributed by atoms with E-state index < -0.39 is 5.97 Å². The first-order valence-electron chi connectivity index (χ1n) is 3.70. The van der Waals surface area contributed by atoms with Gasteiger partial charge in [-0.2, -0.15) is 0 Å². The number of aliphatic carboxylic acids is 1. The van der Waals surface area contributed by atoms with E-state index in [0.29, 0.717) is 12.4 Å². The lowest BCUT2D eigenvalue weighted by molar-refractivity contribution is -0.131. The summed E-state index contributed by atoms with van der Waals surface area (Å²) in [6.45, 7) is 0.412. The number of rotatable bonds is 4. The second kappa shape index (κ2) is 4.47. The van der Waals surface area contributed by atoms with Crippen LogP contribution >= 0.6 is 0 Å². The van der Waals surface area contributed by atoms with Crippen LogP contribution in [0.4, 0.5) is 0 Å². The molecule has 0 aromatic carbocycles. The van der Waals surface area contributed by atoms with Crippen LogP contribution in [0.1, 0.15) is 11.3 Å². The van der Waals surface area contributed by atoms with Crippen molar-refractivity contribution in [2.45, 2.75) is 6.61 Å². The van der Waals surface area contributed by atoms with Gasteiger partial charge in [0, 0.05) is 18.7 Å². The molecule has 1 N–H and O–H groups in total. The molecule has 0 spiro atoms. The van der Waals surface area contributed by atoms with Crippen LogP contribution < -0.4 is 0 Å². The summed E-state index contributed by atoms with van der Waals surface area (Å²) in [6, 6.07) is 1.74. The number of furan rings is 1. The van der Waals surface area contributed by atoms with Gasteiger partial charge in [0.1, 0.15) is 5.76 Å². The molecule has 13 heavy (non-hydrogen) atoms. The van der Waals surface area contributed by atoms with Gasteiger partial charge >= 0.3 is 5.97 Å². The fraction of sp³-hybridized carbons (Fsp3) is 0.222. The highest BCUT2D eigenvalue weighted by molar-refractivity contribution is 5.84. The first-order valence-corrected chi connectivity index (χ1v) is 3.70. The van der Waals surface area contributed by atoms with Crippen molar-refractivity contribution < 1.29 is 19.1 Å². The fourth-order valence-electron chi connectivity index (χ4n) is 0.915. The molecule has 4 heteroatoms. The van der Waals surface area contributed by atoms with Crippen LogP contribution in [-0.2, 0) is 16.1 Å². The Kier molecular flexibility index (Phi) is 3.28. The summed E-state index contributed by atoms with van der Waals surface area (Å²) < 4.78 is 9.93. The second-order valence-electron chi connectivity index (χ2n) is 2.41. The summed E-state index contributed by atoms with van der Waals surface area (Å²) in [4.78, 5) is 10.2. The van der Waals surface area contributed by atoms with Crippen LogP contribution in [0.5, 0.6) is 0 Å². The maximum atomic E-state index is 10.2. The number of carboxylic acid groups (broad SMARTS) is 1. The van der Waals surface area contributed by atoms with E-state index in [1.165, 1.54) is 12.3 Å². The monoisotopic (exact) mass is 182 g/mol. The average molecular weight is 182 g/mol. The highest BCUT2D eigenvalue weighted by Gasteiger charge is 2.02. The molecule has 0 aliphatic carbocycles. The van der Waals surface area contributed by atoms with E-state index in [1.54, 1.807) is 13.2 Å². The molecule has 1 aromatic rings. The zero-order chi connectivity index (χ0) is 9.68. The number of hydrogen-bond donors (Lipinski definition) is 1. The van der Waals surface area contributed by atoms with Crippen molar-refractivity contribution in [3.05, 3.63) is 29.7 Å². The van der Waals surface area contributed by atoms with Crippen molar-refractivity contribution in [2.75, 3.05) is 7.11 Å². The summed E-state index contributed by atoms with van der Waals surface area (Å²) in [5, 5.41) is 8.37. The molecule has 70 valence electrons. The maximum absolute atomic E-state index is 10.2. The van der Waals surface area contributed by atoms with E-state index in [1.807, 2.05) is 0 Å². The first-order chi connectivity index (χ1) is 6.24. The molecule has 0 radical (unpaired) electrons. The quantitative estimate of drug-likeness (QED) is 0.717. The molecule has 1 aromatic heterocycles. The number of methoxy groups -OCH3 is 1. The predicted molar refractivity (Wildman–Crippen MR) is 46.1 cm³/mol. The third-order valence-corrected chi connectivity index (χ3v) is 1.46. The molecule has 4 nitrogen and oxygen atoms in total. The number of carboxylic acids is 1. The van der Waals surface area contributed by atoms with Gasteiger partial charge in [0.2, 0.25) is 0 Å². The van der Waals surface area contributed by atoms with Gasteiger partial charge in [-0.05, 0) is 12.1 Å². The van der Waals surface area contributed by atoms with Crippen molar-refractivity contribution in [1.82, 2.24) is 0 Å². The van der Waals surface area contributed by atoms with E-state index in [2.05, 4.69) is 0 Å². The topological polar surface area (TPSA) is 59.7 Å². The van der Waals surface area contributed by atoms with Crippen molar-refractivity contribution in [1.29, 1.82) is 0 Å². The minimum atomic E-state index is -1.00. The summed E-state index contributed by atoms with van der Waals surface area (Å²) in [5.74, 6) is -0.482. The summed E-state index contributed by atoms with van der Waals surface area (Å²) >= 11 is 0. The molecule has 0 saturated carbocycles. The summed E-state index contributed by atoms with van der Waals surface area (Å²) in [5.41, 5.74) is 0.833. The smallest absolute Gasteiger partial charge is 0.328 e. The standard InChI is InChI=1S/C9H10O4/c1-12-6-7-4-5-13-8(7)2-3-9(10)11/h2-5H,6H2,1H3,(H,10,11)/b3-2+. The highest BCUT2D eigenvalue weighted by atomic mass is 16.5. The van der Waals surface area contributed by atoms with Gasteiger partial charge in [-0.3, -0.25) is 0 Å². The zero-order valence-corrected chi connectivity index (χ0v) is 7.19. The van der Waals surface area contributed by atoms with Crippen LogP contribution in [0, 0.1) is 0 Å². The average Bonchev–Trinajstić information content (AvgIpc) is 2.49. The van der Waals surface area contributed by atoms with Gasteiger partial charge in [0.05, 0.1) is 12.9 Å². The SMILES string of the molecule is COCc1ccoc1/C=C/C(=O)O. The molecule has 0 bridgehead atoms. The number of carbonyl (C=O) groups is 1. The molecule has 0 amide bonds. The highest BCUT2D eigenvalue weighted by Crippen LogP contribution is 2.12. The maximum Gasteiger partial charge on any atom is 0.328 e. The molecule has 1 rings (SSSR count). The van der Waals surface area contributed by atoms with E-state index in [0.717, 1.165) is 11.6 Å². The number of hydrogen-bond acceptors (Lipinski definition) is 3. The largest absolute Gasteiger partial charge is 0.478 e. The Morgan fingerprint density at radius 2 is 2.54 bits per heavy atom. The minimum absolute atomic E-state index is 0.412. The molecule has 0 unspecified atom stereocenters. The van der Waals surface area contributed by atoms with Gasteiger partial charge < -0.3 is 14.3 Å². The molecule has 0 aliphatic rings. The van der Waals surface area contributed by atoms with Crippen LogP contribution in [0.3, 0.4) is 0 Å². The zero-order valence-electron chi connectivity index (χ0n) is 7.19. The lowest BCUT2D eigenvalue weighted by Crippen LogP contribution is -1.89. The van der Waals surface area contributed by atoms with Gasteiger partial charge in [-0.15, -0.1) is 0 Å². The normalized spacial score (nSPS) is 10.8. The summed E-state index contributed by atoms with van der Waals surface area (Å²) in [7, 11) is 1.57. The third-order valence-electron chi connectivity index (χ3n) is 1.46. The Morgan fingerprint density at radius 3 is 3.15 bits per heavy atom. The van der Waals surface area contributed by atoms with Crippen molar-refractivity contribution in [3.8, 4) is 0 Å². The Balaban J connectivity index is 2.75. The number of ether oxygens (including phenoxy) is 1. The Morgan fingerprint density at radius 1 is 1.77 bits per heavy atom. The van der Waals surface area contributed by atoms with Crippen molar-refractivity contribution >= 4 is 12.0 Å². The third kappa shape index (κ3) is 2.76. The molecule has 1 heterocycles. The minimum Gasteiger partial charge on any atom is -0.478 e. The van der Waals surface area contributed by atoms with Gasteiger partial charge in [-0.1, -0.05) is 0 Å². The predicted octanol–water partition coefficient (Wildman–Crippen LogP) is 1.52. The van der Waals surface area contributed by atoms with E-state index in [4.69, 9.17) is 14.3 Å². The van der Waals surface area contributed by atoms with Gasteiger partial charge in [-0.25, -0.2) is 4.79 Å². The van der Waals surface area contributed by atoms with Crippen LogP contribution in [0.2, 0.25) is 0 Å². The molecule has 0 fully saturated rings. The Bertz CT molecular complexity index is 311. The molecular weight excluding hydrogens is 172 g/mol. The fourth-order valence-corrected chi connectivity index (χ4v) is 0.915.